The molecule has 0 N–H and O–H groups in total. The molecule has 118 valence electrons. The number of para-hydroxylation sites is 1. The molecule has 1 heterocycles. The second-order valence-electron chi connectivity index (χ2n) is 5.72. The Morgan fingerprint density at radius 1 is 0.870 bits per heavy atom. The quantitative estimate of drug-likeness (QED) is 0.449. The van der Waals surface area contributed by atoms with Crippen LogP contribution in [0.15, 0.2) is 60.8 Å². The van der Waals surface area contributed by atoms with Crippen molar-refractivity contribution in [2.45, 2.75) is 0 Å². The van der Waals surface area contributed by atoms with Crippen LogP contribution in [0.4, 0.5) is 5.69 Å². The Bertz CT molecular complexity index is 821. The van der Waals surface area contributed by atoms with E-state index in [1.54, 1.807) is 0 Å². The average molecular weight is 417 g/mol. The van der Waals surface area contributed by atoms with Crippen molar-refractivity contribution in [1.29, 1.82) is 0 Å². The first-order valence-electron chi connectivity index (χ1n) is 7.48. The summed E-state index contributed by atoms with van der Waals surface area (Å²) in [5.74, 6) is 0. The molecule has 3 rings (SSSR count). The SMILES string of the molecule is CN(C)c1ccc(C=Cc2cc[n+](C)c3ccccc23)cc1.I. The molecule has 23 heavy (non-hydrogen) atoms. The van der Waals surface area contributed by atoms with Gasteiger partial charge in [0.25, 0.3) is 0 Å². The summed E-state index contributed by atoms with van der Waals surface area (Å²) in [5, 5.41) is 1.27. The Morgan fingerprint density at radius 2 is 1.57 bits per heavy atom. The lowest BCUT2D eigenvalue weighted by Gasteiger charge is -2.11. The first-order valence-corrected chi connectivity index (χ1v) is 7.48. The van der Waals surface area contributed by atoms with E-state index in [1.807, 2.05) is 0 Å². The topological polar surface area (TPSA) is 7.12 Å². The van der Waals surface area contributed by atoms with Gasteiger partial charge in [-0.05, 0) is 29.3 Å². The maximum absolute atomic E-state index is 2.19. The van der Waals surface area contributed by atoms with Gasteiger partial charge in [-0.25, -0.2) is 4.57 Å². The third-order valence-corrected chi connectivity index (χ3v) is 3.94. The molecular weight excluding hydrogens is 395 g/mol. The van der Waals surface area contributed by atoms with Crippen LogP contribution in [-0.2, 0) is 7.05 Å². The van der Waals surface area contributed by atoms with Crippen molar-refractivity contribution in [3.8, 4) is 0 Å². The lowest BCUT2D eigenvalue weighted by molar-refractivity contribution is -0.644. The normalized spacial score (nSPS) is 10.7. The first-order chi connectivity index (χ1) is 10.6. The Balaban J connectivity index is 0.00000192. The minimum atomic E-state index is 0. The molecule has 3 aromatic rings. The number of hydrogen-bond acceptors (Lipinski definition) is 1. The summed E-state index contributed by atoms with van der Waals surface area (Å²) < 4.78 is 2.15. The summed E-state index contributed by atoms with van der Waals surface area (Å²) in [6.07, 6.45) is 6.46. The fourth-order valence-corrected chi connectivity index (χ4v) is 2.60. The van der Waals surface area contributed by atoms with E-state index < -0.39 is 0 Å². The van der Waals surface area contributed by atoms with Crippen molar-refractivity contribution in [2.24, 2.45) is 7.05 Å². The third-order valence-electron chi connectivity index (χ3n) is 3.94. The van der Waals surface area contributed by atoms with Gasteiger partial charge in [-0.3, -0.25) is 0 Å². The van der Waals surface area contributed by atoms with Crippen LogP contribution in [-0.4, -0.2) is 14.1 Å². The predicted octanol–water partition coefficient (Wildman–Crippen LogP) is 4.52. The number of aryl methyl sites for hydroxylation is 1. The summed E-state index contributed by atoms with van der Waals surface area (Å²) in [7, 11) is 6.19. The maximum Gasteiger partial charge on any atom is 0.212 e. The predicted molar refractivity (Wildman–Crippen MR) is 110 cm³/mol. The highest BCUT2D eigenvalue weighted by molar-refractivity contribution is 14.0. The highest BCUT2D eigenvalue weighted by Gasteiger charge is 2.06. The van der Waals surface area contributed by atoms with Gasteiger partial charge in [-0.1, -0.05) is 36.4 Å². The molecule has 0 bridgehead atoms. The minimum Gasteiger partial charge on any atom is -0.378 e. The summed E-state index contributed by atoms with van der Waals surface area (Å²) in [5.41, 5.74) is 4.91. The zero-order chi connectivity index (χ0) is 15.5. The highest BCUT2D eigenvalue weighted by atomic mass is 127. The van der Waals surface area contributed by atoms with E-state index in [1.165, 1.54) is 27.7 Å². The van der Waals surface area contributed by atoms with E-state index in [4.69, 9.17) is 0 Å². The summed E-state index contributed by atoms with van der Waals surface area (Å²) >= 11 is 0. The number of fused-ring (bicyclic) bond motifs is 1. The summed E-state index contributed by atoms with van der Waals surface area (Å²) in [6.45, 7) is 0. The van der Waals surface area contributed by atoms with E-state index in [9.17, 15) is 0 Å². The monoisotopic (exact) mass is 417 g/mol. The highest BCUT2D eigenvalue weighted by Crippen LogP contribution is 2.19. The number of rotatable bonds is 3. The molecule has 0 unspecified atom stereocenters. The zero-order valence-electron chi connectivity index (χ0n) is 13.7. The van der Waals surface area contributed by atoms with E-state index in [0.29, 0.717) is 0 Å². The van der Waals surface area contributed by atoms with Gasteiger partial charge in [0.15, 0.2) is 6.20 Å². The van der Waals surface area contributed by atoms with Gasteiger partial charge in [0.05, 0.1) is 5.39 Å². The molecular formula is C20H22IN2+. The molecule has 2 aromatic carbocycles. The average Bonchev–Trinajstić information content (AvgIpc) is 2.55. The van der Waals surface area contributed by atoms with Crippen LogP contribution < -0.4 is 9.47 Å². The fraction of sp³-hybridized carbons (Fsp3) is 0.150. The number of aromatic nitrogens is 1. The van der Waals surface area contributed by atoms with Crippen molar-refractivity contribution >= 4 is 52.7 Å². The standard InChI is InChI=1S/C20H21N2.HI/c1-21(2)18-12-9-16(10-13-18)8-11-17-14-15-22(3)20-7-5-4-6-19(17)20;/h4-15H,1-3H3;1H/q+1;. The molecule has 0 aliphatic rings. The molecule has 0 radical (unpaired) electrons. The van der Waals surface area contributed by atoms with E-state index >= 15 is 0 Å². The summed E-state index contributed by atoms with van der Waals surface area (Å²) in [4.78, 5) is 2.11. The van der Waals surface area contributed by atoms with Gasteiger partial charge in [-0.2, -0.15) is 0 Å². The number of anilines is 1. The molecule has 0 fully saturated rings. The largest absolute Gasteiger partial charge is 0.378 e. The number of hydrogen-bond donors (Lipinski definition) is 0. The van der Waals surface area contributed by atoms with Crippen LogP contribution in [0, 0.1) is 0 Å². The maximum atomic E-state index is 2.19. The molecule has 0 amide bonds. The van der Waals surface area contributed by atoms with E-state index in [2.05, 4.69) is 104 Å². The molecule has 3 heteroatoms. The molecule has 1 aromatic heterocycles. The van der Waals surface area contributed by atoms with Crippen LogP contribution in [0.3, 0.4) is 0 Å². The van der Waals surface area contributed by atoms with Gasteiger partial charge in [0.2, 0.25) is 5.52 Å². The molecule has 0 saturated heterocycles. The van der Waals surface area contributed by atoms with Crippen LogP contribution in [0.25, 0.3) is 23.1 Å². The van der Waals surface area contributed by atoms with Crippen molar-refractivity contribution < 1.29 is 4.57 Å². The van der Waals surface area contributed by atoms with Gasteiger partial charge in [0, 0.05) is 31.9 Å². The van der Waals surface area contributed by atoms with Crippen LogP contribution >= 0.6 is 24.0 Å². The molecule has 0 aliphatic heterocycles. The Kier molecular flexibility index (Phi) is 5.77. The Labute approximate surface area is 155 Å². The fourth-order valence-electron chi connectivity index (χ4n) is 2.60. The molecule has 0 saturated carbocycles. The molecule has 2 nitrogen and oxygen atoms in total. The van der Waals surface area contributed by atoms with Crippen molar-refractivity contribution in [1.82, 2.24) is 0 Å². The minimum absolute atomic E-state index is 0. The molecule has 0 aliphatic carbocycles. The van der Waals surface area contributed by atoms with Gasteiger partial charge in [0.1, 0.15) is 7.05 Å². The van der Waals surface area contributed by atoms with Crippen molar-refractivity contribution in [3.05, 3.63) is 71.9 Å². The van der Waals surface area contributed by atoms with Crippen molar-refractivity contribution in [3.63, 3.8) is 0 Å². The Morgan fingerprint density at radius 3 is 2.26 bits per heavy atom. The number of pyridine rings is 1. The lowest BCUT2D eigenvalue weighted by atomic mass is 10.1. The first kappa shape index (κ1) is 17.5. The molecule has 0 spiro atoms. The van der Waals surface area contributed by atoms with Gasteiger partial charge in [-0.15, -0.1) is 24.0 Å². The van der Waals surface area contributed by atoms with E-state index in [0.717, 1.165) is 0 Å². The molecule has 0 atom stereocenters. The number of benzene rings is 2. The van der Waals surface area contributed by atoms with Crippen LogP contribution in [0.2, 0.25) is 0 Å². The van der Waals surface area contributed by atoms with Gasteiger partial charge >= 0.3 is 0 Å². The second kappa shape index (κ2) is 7.59. The van der Waals surface area contributed by atoms with Crippen LogP contribution in [0.5, 0.6) is 0 Å². The summed E-state index contributed by atoms with van der Waals surface area (Å²) in [6, 6.07) is 19.2. The second-order valence-corrected chi connectivity index (χ2v) is 5.72. The Hall–Kier alpha value is -1.88. The van der Waals surface area contributed by atoms with Crippen molar-refractivity contribution in [2.75, 3.05) is 19.0 Å². The van der Waals surface area contributed by atoms with E-state index in [-0.39, 0.29) is 24.0 Å². The number of nitrogens with zero attached hydrogens (tertiary/aromatic N) is 2. The smallest absolute Gasteiger partial charge is 0.212 e. The van der Waals surface area contributed by atoms with Gasteiger partial charge < -0.3 is 4.90 Å². The van der Waals surface area contributed by atoms with Crippen LogP contribution in [0.1, 0.15) is 11.1 Å². The lowest BCUT2D eigenvalue weighted by Crippen LogP contribution is -2.28. The third kappa shape index (κ3) is 3.91. The zero-order valence-corrected chi connectivity index (χ0v) is 16.1. The number of halogens is 1.